The molecular weight excluding hydrogens is 332 g/mol. The Morgan fingerprint density at radius 3 is 2.71 bits per heavy atom. The fourth-order valence-electron chi connectivity index (χ4n) is 2.29. The summed E-state index contributed by atoms with van der Waals surface area (Å²) >= 11 is 3.55. The lowest BCUT2D eigenvalue weighted by Crippen LogP contribution is -2.09. The number of carbonyl (C=O) groups excluding carboxylic acids is 1. The quantitative estimate of drug-likeness (QED) is 0.776. The summed E-state index contributed by atoms with van der Waals surface area (Å²) in [6.07, 6.45) is 0.279. The zero-order chi connectivity index (χ0) is 15.4. The number of benzene rings is 1. The molecule has 0 bridgehead atoms. The highest BCUT2D eigenvalue weighted by Crippen LogP contribution is 2.20. The molecule has 4 nitrogen and oxygen atoms in total. The van der Waals surface area contributed by atoms with Crippen LogP contribution < -0.4 is 0 Å². The van der Waals surface area contributed by atoms with E-state index in [0.717, 1.165) is 27.0 Å². The van der Waals surface area contributed by atoms with Crippen molar-refractivity contribution >= 4 is 21.9 Å². The lowest BCUT2D eigenvalue weighted by molar-refractivity contribution is -0.142. The number of carbonyl (C=O) groups is 1. The van der Waals surface area contributed by atoms with Crippen molar-refractivity contribution in [2.45, 2.75) is 33.7 Å². The molecule has 0 fully saturated rings. The molecule has 0 unspecified atom stereocenters. The van der Waals surface area contributed by atoms with Gasteiger partial charge >= 0.3 is 5.97 Å². The van der Waals surface area contributed by atoms with Crippen LogP contribution in [-0.4, -0.2) is 22.4 Å². The van der Waals surface area contributed by atoms with Gasteiger partial charge < -0.3 is 4.74 Å². The van der Waals surface area contributed by atoms with Crippen molar-refractivity contribution < 1.29 is 9.53 Å². The molecule has 0 atom stereocenters. The van der Waals surface area contributed by atoms with Crippen LogP contribution >= 0.6 is 15.9 Å². The van der Waals surface area contributed by atoms with Crippen molar-refractivity contribution in [1.82, 2.24) is 9.78 Å². The zero-order valence-corrected chi connectivity index (χ0v) is 14.1. The summed E-state index contributed by atoms with van der Waals surface area (Å²) in [7, 11) is 0. The molecule has 0 aliphatic heterocycles. The molecule has 0 aliphatic carbocycles. The molecule has 0 amide bonds. The number of esters is 1. The van der Waals surface area contributed by atoms with Crippen molar-refractivity contribution in [3.63, 3.8) is 0 Å². The number of halogens is 1. The maximum absolute atomic E-state index is 11.7. The van der Waals surface area contributed by atoms with E-state index in [9.17, 15) is 4.79 Å². The van der Waals surface area contributed by atoms with Gasteiger partial charge in [-0.2, -0.15) is 5.10 Å². The lowest BCUT2D eigenvalue weighted by atomic mass is 10.1. The number of hydrogen-bond donors (Lipinski definition) is 0. The standard InChI is InChI=1S/C16H19BrN2O2/c1-4-21-16(20)9-14-11(2)18-19(12(14)3)10-13-7-5-6-8-15(13)17/h5-8H,4,9-10H2,1-3H3. The van der Waals surface area contributed by atoms with E-state index >= 15 is 0 Å². The van der Waals surface area contributed by atoms with E-state index in [2.05, 4.69) is 27.1 Å². The van der Waals surface area contributed by atoms with Crippen molar-refractivity contribution in [2.75, 3.05) is 6.61 Å². The van der Waals surface area contributed by atoms with Gasteiger partial charge in [0, 0.05) is 15.7 Å². The maximum atomic E-state index is 11.7. The Hall–Kier alpha value is -1.62. The van der Waals surface area contributed by atoms with Crippen LogP contribution in [0.3, 0.4) is 0 Å². The average Bonchev–Trinajstić information content (AvgIpc) is 2.69. The Balaban J connectivity index is 2.23. The SMILES string of the molecule is CCOC(=O)Cc1c(C)nn(Cc2ccccc2Br)c1C. The minimum Gasteiger partial charge on any atom is -0.466 e. The molecule has 0 N–H and O–H groups in total. The third-order valence-electron chi connectivity index (χ3n) is 3.44. The van der Waals surface area contributed by atoms with E-state index in [1.807, 2.05) is 43.7 Å². The number of ether oxygens (including phenoxy) is 1. The monoisotopic (exact) mass is 350 g/mol. The Bertz CT molecular complexity index is 650. The van der Waals surface area contributed by atoms with Gasteiger partial charge in [0.25, 0.3) is 0 Å². The predicted octanol–water partition coefficient (Wildman–Crippen LogP) is 3.42. The molecular formula is C16H19BrN2O2. The molecule has 0 saturated heterocycles. The third-order valence-corrected chi connectivity index (χ3v) is 4.21. The fraction of sp³-hybridized carbons (Fsp3) is 0.375. The number of aromatic nitrogens is 2. The molecule has 5 heteroatoms. The molecule has 112 valence electrons. The van der Waals surface area contributed by atoms with Crippen LogP contribution in [0.15, 0.2) is 28.7 Å². The largest absolute Gasteiger partial charge is 0.466 e. The second-order valence-corrected chi connectivity index (χ2v) is 5.73. The Labute approximate surface area is 133 Å². The summed E-state index contributed by atoms with van der Waals surface area (Å²) < 4.78 is 8.01. The molecule has 1 aromatic carbocycles. The van der Waals surface area contributed by atoms with Crippen molar-refractivity contribution in [3.8, 4) is 0 Å². The van der Waals surface area contributed by atoms with Crippen LogP contribution in [0.2, 0.25) is 0 Å². The summed E-state index contributed by atoms with van der Waals surface area (Å²) in [5, 5.41) is 4.55. The number of hydrogen-bond acceptors (Lipinski definition) is 3. The highest BCUT2D eigenvalue weighted by molar-refractivity contribution is 9.10. The fourth-order valence-corrected chi connectivity index (χ4v) is 2.70. The molecule has 0 spiro atoms. The van der Waals surface area contributed by atoms with Crippen LogP contribution in [0.25, 0.3) is 0 Å². The smallest absolute Gasteiger partial charge is 0.310 e. The molecule has 2 aromatic rings. The van der Waals surface area contributed by atoms with Crippen molar-refractivity contribution in [3.05, 3.63) is 51.3 Å². The second kappa shape index (κ2) is 6.89. The summed E-state index contributed by atoms with van der Waals surface area (Å²) in [5.74, 6) is -0.204. The molecule has 1 aromatic heterocycles. The average molecular weight is 351 g/mol. The van der Waals surface area contributed by atoms with Gasteiger partial charge in [0.15, 0.2) is 0 Å². The molecule has 0 aliphatic rings. The van der Waals surface area contributed by atoms with Crippen molar-refractivity contribution in [1.29, 1.82) is 0 Å². The zero-order valence-electron chi connectivity index (χ0n) is 12.5. The molecule has 21 heavy (non-hydrogen) atoms. The van der Waals surface area contributed by atoms with Crippen molar-refractivity contribution in [2.24, 2.45) is 0 Å². The summed E-state index contributed by atoms with van der Waals surface area (Å²) in [5.41, 5.74) is 4.01. The normalized spacial score (nSPS) is 10.7. The molecule has 1 heterocycles. The highest BCUT2D eigenvalue weighted by Gasteiger charge is 2.16. The summed E-state index contributed by atoms with van der Waals surface area (Å²) in [6, 6.07) is 8.07. The number of nitrogens with zero attached hydrogens (tertiary/aromatic N) is 2. The maximum Gasteiger partial charge on any atom is 0.310 e. The predicted molar refractivity (Wildman–Crippen MR) is 85.3 cm³/mol. The molecule has 0 saturated carbocycles. The van der Waals surface area contributed by atoms with E-state index in [1.54, 1.807) is 0 Å². The third kappa shape index (κ3) is 3.73. The van der Waals surface area contributed by atoms with E-state index < -0.39 is 0 Å². The molecule has 2 rings (SSSR count). The minimum atomic E-state index is -0.204. The Kier molecular flexibility index (Phi) is 5.17. The number of aryl methyl sites for hydroxylation is 1. The molecule has 0 radical (unpaired) electrons. The van der Waals surface area contributed by atoms with E-state index in [-0.39, 0.29) is 12.4 Å². The summed E-state index contributed by atoms with van der Waals surface area (Å²) in [6.45, 7) is 6.82. The topological polar surface area (TPSA) is 44.1 Å². The van der Waals surface area contributed by atoms with E-state index in [1.165, 1.54) is 0 Å². The first-order chi connectivity index (χ1) is 10.0. The van der Waals surface area contributed by atoms with Gasteiger partial charge in [-0.25, -0.2) is 0 Å². The second-order valence-electron chi connectivity index (χ2n) is 4.88. The first-order valence-corrected chi connectivity index (χ1v) is 7.74. The first-order valence-electron chi connectivity index (χ1n) is 6.94. The Morgan fingerprint density at radius 1 is 1.33 bits per heavy atom. The van der Waals surface area contributed by atoms with Gasteiger partial charge in [-0.15, -0.1) is 0 Å². The van der Waals surface area contributed by atoms with Crippen LogP contribution in [0.1, 0.15) is 29.4 Å². The van der Waals surface area contributed by atoms with E-state index in [0.29, 0.717) is 13.2 Å². The van der Waals surface area contributed by atoms with E-state index in [4.69, 9.17) is 4.74 Å². The van der Waals surface area contributed by atoms with Gasteiger partial charge in [-0.05, 0) is 32.4 Å². The van der Waals surface area contributed by atoms with Gasteiger partial charge in [-0.1, -0.05) is 34.1 Å². The van der Waals surface area contributed by atoms with Gasteiger partial charge in [0.05, 0.1) is 25.3 Å². The Morgan fingerprint density at radius 2 is 2.05 bits per heavy atom. The van der Waals surface area contributed by atoms with Gasteiger partial charge in [0.1, 0.15) is 0 Å². The first kappa shape index (κ1) is 15.8. The van der Waals surface area contributed by atoms with Gasteiger partial charge in [0.2, 0.25) is 0 Å². The van der Waals surface area contributed by atoms with Crippen LogP contribution in [0, 0.1) is 13.8 Å². The number of rotatable bonds is 5. The van der Waals surface area contributed by atoms with Crippen LogP contribution in [0.4, 0.5) is 0 Å². The van der Waals surface area contributed by atoms with Crippen LogP contribution in [-0.2, 0) is 22.5 Å². The minimum absolute atomic E-state index is 0.204. The lowest BCUT2D eigenvalue weighted by Gasteiger charge is -2.07. The highest BCUT2D eigenvalue weighted by atomic mass is 79.9. The van der Waals surface area contributed by atoms with Crippen LogP contribution in [0.5, 0.6) is 0 Å². The summed E-state index contributed by atoms with van der Waals surface area (Å²) in [4.78, 5) is 11.7. The van der Waals surface area contributed by atoms with Gasteiger partial charge in [-0.3, -0.25) is 9.48 Å².